The van der Waals surface area contributed by atoms with Crippen molar-refractivity contribution in [1.82, 2.24) is 5.32 Å². The van der Waals surface area contributed by atoms with Crippen LogP contribution < -0.4 is 5.32 Å². The van der Waals surface area contributed by atoms with Crippen LogP contribution >= 0.6 is 0 Å². The number of rotatable bonds is 4. The van der Waals surface area contributed by atoms with Crippen molar-refractivity contribution in [2.75, 3.05) is 7.05 Å². The van der Waals surface area contributed by atoms with Gasteiger partial charge in [0.05, 0.1) is 0 Å². The van der Waals surface area contributed by atoms with Crippen molar-refractivity contribution in [2.45, 2.75) is 26.3 Å². The van der Waals surface area contributed by atoms with Gasteiger partial charge in [0.1, 0.15) is 11.6 Å². The van der Waals surface area contributed by atoms with E-state index in [0.29, 0.717) is 5.56 Å². The molecule has 20 heavy (non-hydrogen) atoms. The van der Waals surface area contributed by atoms with Crippen LogP contribution in [0.2, 0.25) is 0 Å². The lowest BCUT2D eigenvalue weighted by Crippen LogP contribution is -2.19. The van der Waals surface area contributed by atoms with E-state index in [1.54, 1.807) is 13.0 Å². The van der Waals surface area contributed by atoms with Gasteiger partial charge >= 0.3 is 0 Å². The number of hydrogen-bond donors (Lipinski definition) is 1. The minimum absolute atomic E-state index is 0.0819. The first-order valence-electron chi connectivity index (χ1n) is 6.69. The molecule has 0 aliphatic rings. The van der Waals surface area contributed by atoms with E-state index in [1.807, 2.05) is 26.1 Å². The molecule has 3 heteroatoms. The first kappa shape index (κ1) is 14.7. The summed E-state index contributed by atoms with van der Waals surface area (Å²) in [7, 11) is 1.88. The van der Waals surface area contributed by atoms with Gasteiger partial charge in [-0.15, -0.1) is 0 Å². The molecule has 1 nitrogen and oxygen atoms in total. The first-order valence-corrected chi connectivity index (χ1v) is 6.69. The van der Waals surface area contributed by atoms with Gasteiger partial charge in [0.15, 0.2) is 0 Å². The molecule has 1 unspecified atom stereocenters. The van der Waals surface area contributed by atoms with E-state index in [-0.39, 0.29) is 17.7 Å². The van der Waals surface area contributed by atoms with Gasteiger partial charge in [-0.3, -0.25) is 0 Å². The zero-order valence-electron chi connectivity index (χ0n) is 12.0. The second-order valence-corrected chi connectivity index (χ2v) is 5.12. The molecule has 2 aromatic rings. The largest absolute Gasteiger partial charge is 0.313 e. The number of hydrogen-bond acceptors (Lipinski definition) is 1. The third kappa shape index (κ3) is 3.23. The summed E-state index contributed by atoms with van der Waals surface area (Å²) in [5, 5.41) is 3.24. The van der Waals surface area contributed by atoms with Crippen LogP contribution in [0.1, 0.15) is 28.3 Å². The Morgan fingerprint density at radius 1 is 1.00 bits per heavy atom. The van der Waals surface area contributed by atoms with Crippen molar-refractivity contribution < 1.29 is 8.78 Å². The predicted molar refractivity (Wildman–Crippen MR) is 77.8 cm³/mol. The van der Waals surface area contributed by atoms with Gasteiger partial charge in [0.25, 0.3) is 0 Å². The molecule has 0 saturated carbocycles. The quantitative estimate of drug-likeness (QED) is 0.886. The summed E-state index contributed by atoms with van der Waals surface area (Å²) in [6, 6.07) is 10.1. The second kappa shape index (κ2) is 6.14. The van der Waals surface area contributed by atoms with Crippen molar-refractivity contribution in [3.05, 3.63) is 70.3 Å². The van der Waals surface area contributed by atoms with Crippen LogP contribution in [0, 0.1) is 25.5 Å². The Labute approximate surface area is 118 Å². The number of nitrogens with one attached hydrogen (secondary N) is 1. The van der Waals surface area contributed by atoms with Crippen LogP contribution in [0.3, 0.4) is 0 Å². The van der Waals surface area contributed by atoms with E-state index in [2.05, 4.69) is 5.32 Å². The highest BCUT2D eigenvalue weighted by molar-refractivity contribution is 5.31. The van der Waals surface area contributed by atoms with Crippen molar-refractivity contribution >= 4 is 0 Å². The standard InChI is InChI=1S/C17H19F2N/c1-11-9-15(18)6-4-13(11)10-17(20-3)14-5-7-16(19)12(2)8-14/h4-9,17,20H,10H2,1-3H3. The highest BCUT2D eigenvalue weighted by Gasteiger charge is 2.13. The second-order valence-electron chi connectivity index (χ2n) is 5.12. The first-order chi connectivity index (χ1) is 9.51. The molecular weight excluding hydrogens is 256 g/mol. The molecule has 0 bridgehead atoms. The molecule has 0 amide bonds. The molecule has 0 spiro atoms. The van der Waals surface area contributed by atoms with E-state index in [1.165, 1.54) is 18.2 Å². The summed E-state index contributed by atoms with van der Waals surface area (Å²) < 4.78 is 26.5. The molecule has 0 heterocycles. The zero-order chi connectivity index (χ0) is 14.7. The lowest BCUT2D eigenvalue weighted by atomic mass is 9.95. The van der Waals surface area contributed by atoms with Crippen LogP contribution in [0.5, 0.6) is 0 Å². The van der Waals surface area contributed by atoms with Crippen LogP contribution in [0.25, 0.3) is 0 Å². The highest BCUT2D eigenvalue weighted by atomic mass is 19.1. The third-order valence-corrected chi connectivity index (χ3v) is 3.66. The van der Waals surface area contributed by atoms with Crippen LogP contribution in [0.4, 0.5) is 8.78 Å². The van der Waals surface area contributed by atoms with Gasteiger partial charge in [-0.05, 0) is 67.8 Å². The minimum Gasteiger partial charge on any atom is -0.313 e. The molecule has 1 atom stereocenters. The van der Waals surface area contributed by atoms with Crippen molar-refractivity contribution in [3.63, 3.8) is 0 Å². The Morgan fingerprint density at radius 2 is 1.75 bits per heavy atom. The maximum Gasteiger partial charge on any atom is 0.126 e. The van der Waals surface area contributed by atoms with Crippen molar-refractivity contribution in [2.24, 2.45) is 0 Å². The Bertz CT molecular complexity index is 608. The Morgan fingerprint density at radius 3 is 2.35 bits per heavy atom. The van der Waals surface area contributed by atoms with Gasteiger partial charge in [0, 0.05) is 6.04 Å². The maximum absolute atomic E-state index is 13.3. The fourth-order valence-corrected chi connectivity index (χ4v) is 2.38. The number of likely N-dealkylation sites (N-methyl/N-ethyl adjacent to an activating group) is 1. The number of benzene rings is 2. The molecule has 0 aromatic heterocycles. The summed E-state index contributed by atoms with van der Waals surface area (Å²) in [5.41, 5.74) is 3.70. The van der Waals surface area contributed by atoms with Gasteiger partial charge < -0.3 is 5.32 Å². The van der Waals surface area contributed by atoms with Gasteiger partial charge in [-0.1, -0.05) is 18.2 Å². The molecule has 0 saturated heterocycles. The van der Waals surface area contributed by atoms with E-state index < -0.39 is 0 Å². The minimum atomic E-state index is -0.218. The Hall–Kier alpha value is -1.74. The molecule has 1 N–H and O–H groups in total. The Balaban J connectivity index is 2.26. The average Bonchev–Trinajstić information content (AvgIpc) is 2.41. The zero-order valence-corrected chi connectivity index (χ0v) is 12.0. The van der Waals surface area contributed by atoms with Crippen LogP contribution in [-0.4, -0.2) is 7.05 Å². The summed E-state index contributed by atoms with van der Waals surface area (Å²) in [6.45, 7) is 3.66. The normalized spacial score (nSPS) is 12.4. The fourth-order valence-electron chi connectivity index (χ4n) is 2.38. The summed E-state index contributed by atoms with van der Waals surface area (Å²) in [5.74, 6) is -0.411. The molecule has 0 aliphatic carbocycles. The lowest BCUT2D eigenvalue weighted by molar-refractivity contribution is 0.579. The molecule has 106 valence electrons. The molecule has 2 rings (SSSR count). The number of aryl methyl sites for hydroxylation is 2. The summed E-state index contributed by atoms with van der Waals surface area (Å²) in [4.78, 5) is 0. The molecule has 0 aliphatic heterocycles. The van der Waals surface area contributed by atoms with Gasteiger partial charge in [-0.25, -0.2) is 8.78 Å². The third-order valence-electron chi connectivity index (χ3n) is 3.66. The fraction of sp³-hybridized carbons (Fsp3) is 0.294. The van der Waals surface area contributed by atoms with Crippen molar-refractivity contribution in [3.8, 4) is 0 Å². The van der Waals surface area contributed by atoms with Crippen LogP contribution in [0.15, 0.2) is 36.4 Å². The smallest absolute Gasteiger partial charge is 0.126 e. The molecule has 0 fully saturated rings. The monoisotopic (exact) mass is 275 g/mol. The van der Waals surface area contributed by atoms with E-state index in [9.17, 15) is 8.78 Å². The summed E-state index contributed by atoms with van der Waals surface area (Å²) >= 11 is 0. The molecule has 0 radical (unpaired) electrons. The van der Waals surface area contributed by atoms with Crippen LogP contribution in [-0.2, 0) is 6.42 Å². The predicted octanol–water partition coefficient (Wildman–Crippen LogP) is 4.08. The van der Waals surface area contributed by atoms with E-state index in [0.717, 1.165) is 23.1 Å². The summed E-state index contributed by atoms with van der Waals surface area (Å²) in [6.07, 6.45) is 0.744. The SMILES string of the molecule is CNC(Cc1ccc(F)cc1C)c1ccc(F)c(C)c1. The number of halogens is 2. The topological polar surface area (TPSA) is 12.0 Å². The lowest BCUT2D eigenvalue weighted by Gasteiger charge is -2.19. The van der Waals surface area contributed by atoms with E-state index in [4.69, 9.17) is 0 Å². The highest BCUT2D eigenvalue weighted by Crippen LogP contribution is 2.22. The average molecular weight is 275 g/mol. The Kier molecular flexibility index (Phi) is 4.50. The van der Waals surface area contributed by atoms with E-state index >= 15 is 0 Å². The molecule has 2 aromatic carbocycles. The molecular formula is C17H19F2N. The maximum atomic E-state index is 13.3. The van der Waals surface area contributed by atoms with Crippen molar-refractivity contribution in [1.29, 1.82) is 0 Å². The van der Waals surface area contributed by atoms with Gasteiger partial charge in [-0.2, -0.15) is 0 Å². The van der Waals surface area contributed by atoms with Gasteiger partial charge in [0.2, 0.25) is 0 Å².